The molecule has 4 unspecified atom stereocenters. The quantitative estimate of drug-likeness (QED) is 0.803. The molecular weight excluding hydrogens is 248 g/mol. The third-order valence-corrected chi connectivity index (χ3v) is 5.40. The van der Waals surface area contributed by atoms with Gasteiger partial charge in [-0.3, -0.25) is 0 Å². The highest BCUT2D eigenvalue weighted by atomic mass is 16.2. The summed E-state index contributed by atoms with van der Waals surface area (Å²) >= 11 is 0. The summed E-state index contributed by atoms with van der Waals surface area (Å²) in [5, 5.41) is 5.99. The molecule has 0 aromatic heterocycles. The number of carbonyl (C=O) groups excluding carboxylic acids is 1. The van der Waals surface area contributed by atoms with Crippen LogP contribution in [0.1, 0.15) is 60.3 Å². The molecule has 0 aromatic carbocycles. The summed E-state index contributed by atoms with van der Waals surface area (Å²) in [4.78, 5) is 12.0. The van der Waals surface area contributed by atoms with Crippen molar-refractivity contribution < 1.29 is 4.79 Å². The highest BCUT2D eigenvalue weighted by Crippen LogP contribution is 2.49. The Morgan fingerprint density at radius 2 is 1.95 bits per heavy atom. The maximum Gasteiger partial charge on any atom is 0.318 e. The average Bonchev–Trinajstić information content (AvgIpc) is 2.96. The molecule has 2 rings (SSSR count). The number of hydrogen-bond acceptors (Lipinski definition) is 1. The van der Waals surface area contributed by atoms with Gasteiger partial charge in [0.25, 0.3) is 0 Å². The molecule has 0 radical (unpaired) electrons. The Kier molecular flexibility index (Phi) is 4.46. The summed E-state index contributed by atoms with van der Waals surface area (Å²) < 4.78 is 0. The van der Waals surface area contributed by atoms with E-state index in [0.29, 0.717) is 5.92 Å². The minimum atomic E-state index is -0.0659. The van der Waals surface area contributed by atoms with Crippen LogP contribution in [-0.2, 0) is 0 Å². The predicted molar refractivity (Wildman–Crippen MR) is 83.3 cm³/mol. The van der Waals surface area contributed by atoms with Gasteiger partial charge in [0.05, 0.1) is 0 Å². The van der Waals surface area contributed by atoms with Crippen LogP contribution in [0.15, 0.2) is 11.8 Å². The Bertz CT molecular complexity index is 394. The van der Waals surface area contributed by atoms with Gasteiger partial charge in [-0.05, 0) is 56.3 Å². The van der Waals surface area contributed by atoms with Crippen LogP contribution in [-0.4, -0.2) is 12.1 Å². The van der Waals surface area contributed by atoms with Gasteiger partial charge < -0.3 is 10.6 Å². The van der Waals surface area contributed by atoms with Crippen LogP contribution in [0, 0.1) is 23.2 Å². The van der Waals surface area contributed by atoms with Gasteiger partial charge in [-0.15, -0.1) is 0 Å². The molecule has 2 aliphatic rings. The molecule has 114 valence electrons. The standard InChI is InChI=1S/C17H30N2O/c1-11(17(3,4)5)10-18-16(20)19-12(2)15-9-13-6-7-14(15)8-13/h10,12-15H,6-9H2,1-5H3,(H2,18,19,20)/b11-10+. The monoisotopic (exact) mass is 278 g/mol. The molecule has 2 saturated carbocycles. The van der Waals surface area contributed by atoms with E-state index < -0.39 is 0 Å². The molecular formula is C17H30N2O. The molecule has 2 aliphatic carbocycles. The lowest BCUT2D eigenvalue weighted by molar-refractivity contribution is 0.223. The summed E-state index contributed by atoms with van der Waals surface area (Å²) in [5.74, 6) is 2.47. The second-order valence-corrected chi connectivity index (χ2v) is 7.82. The summed E-state index contributed by atoms with van der Waals surface area (Å²) in [6, 6.07) is 0.220. The highest BCUT2D eigenvalue weighted by molar-refractivity contribution is 5.75. The van der Waals surface area contributed by atoms with E-state index in [0.717, 1.165) is 11.8 Å². The molecule has 4 atom stereocenters. The van der Waals surface area contributed by atoms with Crippen LogP contribution in [0.4, 0.5) is 4.79 Å². The summed E-state index contributed by atoms with van der Waals surface area (Å²) in [7, 11) is 0. The first-order chi connectivity index (χ1) is 9.27. The zero-order valence-corrected chi connectivity index (χ0v) is 13.6. The van der Waals surface area contributed by atoms with Gasteiger partial charge in [0.15, 0.2) is 0 Å². The first-order valence-corrected chi connectivity index (χ1v) is 8.01. The molecule has 3 nitrogen and oxygen atoms in total. The predicted octanol–water partition coefficient (Wildman–Crippen LogP) is 4.06. The van der Waals surface area contributed by atoms with Crippen molar-refractivity contribution in [3.8, 4) is 0 Å². The first kappa shape index (κ1) is 15.4. The zero-order valence-electron chi connectivity index (χ0n) is 13.6. The molecule has 2 amide bonds. The molecule has 0 aromatic rings. The number of fused-ring (bicyclic) bond motifs is 2. The van der Waals surface area contributed by atoms with Gasteiger partial charge in [0.2, 0.25) is 0 Å². The van der Waals surface area contributed by atoms with Crippen molar-refractivity contribution in [2.24, 2.45) is 23.2 Å². The van der Waals surface area contributed by atoms with E-state index in [2.05, 4.69) is 45.3 Å². The molecule has 0 spiro atoms. The van der Waals surface area contributed by atoms with Crippen molar-refractivity contribution >= 4 is 6.03 Å². The number of urea groups is 1. The van der Waals surface area contributed by atoms with Crippen molar-refractivity contribution in [2.45, 2.75) is 66.3 Å². The third kappa shape index (κ3) is 3.56. The normalized spacial score (nSPS) is 31.2. The van der Waals surface area contributed by atoms with E-state index in [4.69, 9.17) is 0 Å². The number of amides is 2. The number of hydrogen-bond donors (Lipinski definition) is 2. The van der Waals surface area contributed by atoms with Gasteiger partial charge in [-0.2, -0.15) is 0 Å². The van der Waals surface area contributed by atoms with Gasteiger partial charge >= 0.3 is 6.03 Å². The number of nitrogens with one attached hydrogen (secondary N) is 2. The molecule has 0 saturated heterocycles. The molecule has 2 bridgehead atoms. The lowest BCUT2D eigenvalue weighted by Gasteiger charge is -2.28. The lowest BCUT2D eigenvalue weighted by atomic mass is 9.84. The molecule has 20 heavy (non-hydrogen) atoms. The molecule has 3 heteroatoms. The average molecular weight is 278 g/mol. The van der Waals surface area contributed by atoms with E-state index in [1.165, 1.54) is 31.3 Å². The van der Waals surface area contributed by atoms with E-state index in [1.807, 2.05) is 6.20 Å². The molecule has 2 fully saturated rings. The molecule has 2 N–H and O–H groups in total. The molecule has 0 heterocycles. The minimum absolute atomic E-state index is 0.0659. The van der Waals surface area contributed by atoms with Crippen LogP contribution in [0.5, 0.6) is 0 Å². The van der Waals surface area contributed by atoms with Gasteiger partial charge in [0, 0.05) is 12.2 Å². The molecule has 0 aliphatic heterocycles. The lowest BCUT2D eigenvalue weighted by Crippen LogP contribution is -2.44. The van der Waals surface area contributed by atoms with Gasteiger partial charge in [0.1, 0.15) is 0 Å². The smallest absolute Gasteiger partial charge is 0.318 e. The van der Waals surface area contributed by atoms with Crippen LogP contribution in [0.25, 0.3) is 0 Å². The maximum absolute atomic E-state index is 12.0. The largest absolute Gasteiger partial charge is 0.335 e. The van der Waals surface area contributed by atoms with E-state index in [-0.39, 0.29) is 17.5 Å². The number of rotatable bonds is 3. The van der Waals surface area contributed by atoms with Crippen molar-refractivity contribution in [1.82, 2.24) is 10.6 Å². The number of allylic oxidation sites excluding steroid dienone is 1. The fraction of sp³-hybridized carbons (Fsp3) is 0.824. The van der Waals surface area contributed by atoms with Gasteiger partial charge in [-0.25, -0.2) is 4.79 Å². The Balaban J connectivity index is 1.80. The van der Waals surface area contributed by atoms with E-state index >= 15 is 0 Å². The summed E-state index contributed by atoms with van der Waals surface area (Å²) in [6.07, 6.45) is 7.31. The van der Waals surface area contributed by atoms with Crippen molar-refractivity contribution in [1.29, 1.82) is 0 Å². The highest BCUT2D eigenvalue weighted by Gasteiger charge is 2.42. The van der Waals surface area contributed by atoms with Crippen LogP contribution < -0.4 is 10.6 Å². The van der Waals surface area contributed by atoms with Gasteiger partial charge in [-0.1, -0.05) is 32.8 Å². The first-order valence-electron chi connectivity index (χ1n) is 8.01. The maximum atomic E-state index is 12.0. The Morgan fingerprint density at radius 3 is 2.45 bits per heavy atom. The van der Waals surface area contributed by atoms with Crippen LogP contribution in [0.2, 0.25) is 0 Å². The number of carbonyl (C=O) groups is 1. The minimum Gasteiger partial charge on any atom is -0.335 e. The second kappa shape index (κ2) is 5.79. The SMILES string of the molecule is C/C(=C\NC(=O)NC(C)C1CC2CCC1C2)C(C)(C)C. The third-order valence-electron chi connectivity index (χ3n) is 5.40. The summed E-state index contributed by atoms with van der Waals surface area (Å²) in [6.45, 7) is 10.7. The van der Waals surface area contributed by atoms with Crippen LogP contribution >= 0.6 is 0 Å². The fourth-order valence-corrected chi connectivity index (χ4v) is 3.65. The zero-order chi connectivity index (χ0) is 14.9. The van der Waals surface area contributed by atoms with E-state index in [1.54, 1.807) is 0 Å². The second-order valence-electron chi connectivity index (χ2n) is 7.82. The summed E-state index contributed by atoms with van der Waals surface area (Å²) in [5.41, 5.74) is 1.28. The topological polar surface area (TPSA) is 41.1 Å². The van der Waals surface area contributed by atoms with Crippen LogP contribution in [0.3, 0.4) is 0 Å². The Morgan fingerprint density at radius 1 is 1.25 bits per heavy atom. The Hall–Kier alpha value is -0.990. The van der Waals surface area contributed by atoms with E-state index in [9.17, 15) is 4.79 Å². The van der Waals surface area contributed by atoms with Crippen molar-refractivity contribution in [2.75, 3.05) is 0 Å². The van der Waals surface area contributed by atoms with Crippen molar-refractivity contribution in [3.05, 3.63) is 11.8 Å². The van der Waals surface area contributed by atoms with Crippen molar-refractivity contribution in [3.63, 3.8) is 0 Å². The Labute approximate surface area is 123 Å². The fourth-order valence-electron chi connectivity index (χ4n) is 3.65.